The molecule has 0 spiro atoms. The molecule has 24 heavy (non-hydrogen) atoms. The first kappa shape index (κ1) is 18.1. The average Bonchev–Trinajstić information content (AvgIpc) is 2.57. The summed E-state index contributed by atoms with van der Waals surface area (Å²) in [6.07, 6.45) is 2.18. The van der Waals surface area contributed by atoms with Gasteiger partial charge in [0.05, 0.1) is 0 Å². The average molecular weight is 319 g/mol. The van der Waals surface area contributed by atoms with E-state index in [1.54, 1.807) is 0 Å². The van der Waals surface area contributed by atoms with Gasteiger partial charge in [-0.3, -0.25) is 0 Å². The lowest BCUT2D eigenvalue weighted by molar-refractivity contribution is 0.749. The molecule has 126 valence electrons. The van der Waals surface area contributed by atoms with Gasteiger partial charge < -0.3 is 4.90 Å². The van der Waals surface area contributed by atoms with E-state index in [9.17, 15) is 0 Å². The fourth-order valence-corrected chi connectivity index (χ4v) is 2.96. The Morgan fingerprint density at radius 2 is 1.62 bits per heavy atom. The highest BCUT2D eigenvalue weighted by Gasteiger charge is 2.20. The first-order valence-corrected chi connectivity index (χ1v) is 8.79. The highest BCUT2D eigenvalue weighted by atomic mass is 15.2. The molecule has 0 saturated heterocycles. The minimum atomic E-state index is 0.348. The van der Waals surface area contributed by atoms with Crippen LogP contribution in [-0.4, -0.2) is 0 Å². The van der Waals surface area contributed by atoms with Crippen LogP contribution in [0.1, 0.15) is 43.9 Å². The Morgan fingerprint density at radius 1 is 1.00 bits per heavy atom. The third-order valence-electron chi connectivity index (χ3n) is 4.43. The number of hydrogen-bond donors (Lipinski definition) is 0. The van der Waals surface area contributed by atoms with Crippen molar-refractivity contribution in [1.82, 2.24) is 0 Å². The fourth-order valence-electron chi connectivity index (χ4n) is 2.96. The van der Waals surface area contributed by atoms with Crippen LogP contribution in [0.3, 0.4) is 0 Å². The van der Waals surface area contributed by atoms with Crippen LogP contribution in [0.5, 0.6) is 0 Å². The van der Waals surface area contributed by atoms with Crippen molar-refractivity contribution < 1.29 is 0 Å². The predicted molar refractivity (Wildman–Crippen MR) is 107 cm³/mol. The molecule has 0 saturated carbocycles. The van der Waals surface area contributed by atoms with Gasteiger partial charge in [-0.2, -0.15) is 0 Å². The van der Waals surface area contributed by atoms with Crippen molar-refractivity contribution in [3.63, 3.8) is 0 Å². The number of hydrogen-bond acceptors (Lipinski definition) is 1. The van der Waals surface area contributed by atoms with Gasteiger partial charge in [0, 0.05) is 22.6 Å². The zero-order chi connectivity index (χ0) is 17.7. The first-order valence-electron chi connectivity index (χ1n) is 8.79. The van der Waals surface area contributed by atoms with Gasteiger partial charge in [0.25, 0.3) is 0 Å². The van der Waals surface area contributed by atoms with Gasteiger partial charge >= 0.3 is 0 Å². The molecule has 0 fully saturated rings. The standard InChI is InChI=1S/C23H29N/c1-7-12-21-14-9-11-16-23(21)24(19(5)17(2)3)20(6)22-15-10-8-13-18(22)4/h8-11,13-17H,5-7,12H2,1-4H3. The summed E-state index contributed by atoms with van der Waals surface area (Å²) in [5, 5.41) is 0. The van der Waals surface area contributed by atoms with Crippen molar-refractivity contribution in [3.8, 4) is 0 Å². The Hall–Kier alpha value is -2.28. The number of benzene rings is 2. The van der Waals surface area contributed by atoms with Crippen molar-refractivity contribution in [3.05, 3.63) is 84.1 Å². The number of aryl methyl sites for hydroxylation is 2. The Balaban J connectivity index is 2.57. The molecule has 0 unspecified atom stereocenters. The molecule has 0 amide bonds. The highest BCUT2D eigenvalue weighted by Crippen LogP contribution is 2.35. The van der Waals surface area contributed by atoms with Crippen molar-refractivity contribution in [2.45, 2.75) is 40.5 Å². The third-order valence-corrected chi connectivity index (χ3v) is 4.43. The van der Waals surface area contributed by atoms with Crippen molar-refractivity contribution in [2.75, 3.05) is 4.90 Å². The van der Waals surface area contributed by atoms with Gasteiger partial charge in [-0.15, -0.1) is 0 Å². The van der Waals surface area contributed by atoms with Crippen LogP contribution >= 0.6 is 0 Å². The molecule has 0 aliphatic rings. The van der Waals surface area contributed by atoms with E-state index in [-0.39, 0.29) is 0 Å². The second-order valence-electron chi connectivity index (χ2n) is 6.62. The largest absolute Gasteiger partial charge is 0.314 e. The molecule has 0 N–H and O–H groups in total. The second kappa shape index (κ2) is 8.01. The maximum Gasteiger partial charge on any atom is 0.0490 e. The number of allylic oxidation sites excluding steroid dienone is 1. The van der Waals surface area contributed by atoms with Gasteiger partial charge in [0.15, 0.2) is 0 Å². The van der Waals surface area contributed by atoms with Crippen LogP contribution in [0.4, 0.5) is 5.69 Å². The van der Waals surface area contributed by atoms with Crippen molar-refractivity contribution >= 4 is 11.4 Å². The number of rotatable bonds is 7. The summed E-state index contributed by atoms with van der Waals surface area (Å²) in [5.41, 5.74) is 7.02. The monoisotopic (exact) mass is 319 g/mol. The zero-order valence-corrected chi connectivity index (χ0v) is 15.5. The molecule has 0 aromatic heterocycles. The van der Waals surface area contributed by atoms with Crippen LogP contribution in [0.25, 0.3) is 5.70 Å². The van der Waals surface area contributed by atoms with E-state index >= 15 is 0 Å². The number of nitrogens with zero attached hydrogens (tertiary/aromatic N) is 1. The molecular formula is C23H29N. The normalized spacial score (nSPS) is 10.7. The lowest BCUT2D eigenvalue weighted by Crippen LogP contribution is -2.24. The molecule has 0 aliphatic carbocycles. The van der Waals surface area contributed by atoms with E-state index in [1.165, 1.54) is 22.4 Å². The molecule has 0 radical (unpaired) electrons. The summed E-state index contributed by atoms with van der Waals surface area (Å²) in [7, 11) is 0. The molecule has 0 aliphatic heterocycles. The Kier molecular flexibility index (Phi) is 6.03. The summed E-state index contributed by atoms with van der Waals surface area (Å²) in [5.74, 6) is 0.348. The molecule has 2 aromatic rings. The van der Waals surface area contributed by atoms with E-state index in [4.69, 9.17) is 0 Å². The van der Waals surface area contributed by atoms with Gasteiger partial charge in [0.2, 0.25) is 0 Å². The molecular weight excluding hydrogens is 290 g/mol. The molecule has 2 aromatic carbocycles. The zero-order valence-electron chi connectivity index (χ0n) is 15.5. The van der Waals surface area contributed by atoms with Crippen LogP contribution in [-0.2, 0) is 6.42 Å². The number of para-hydroxylation sites is 1. The van der Waals surface area contributed by atoms with Gasteiger partial charge in [-0.05, 0) is 36.5 Å². The highest BCUT2D eigenvalue weighted by molar-refractivity contribution is 5.83. The van der Waals surface area contributed by atoms with E-state index in [1.807, 2.05) is 0 Å². The van der Waals surface area contributed by atoms with Crippen LogP contribution in [0.15, 0.2) is 67.4 Å². The first-order chi connectivity index (χ1) is 11.5. The molecule has 0 atom stereocenters. The summed E-state index contributed by atoms with van der Waals surface area (Å²) >= 11 is 0. The van der Waals surface area contributed by atoms with E-state index < -0.39 is 0 Å². The van der Waals surface area contributed by atoms with Crippen LogP contribution < -0.4 is 4.90 Å². The summed E-state index contributed by atoms with van der Waals surface area (Å²) in [4.78, 5) is 2.25. The topological polar surface area (TPSA) is 3.24 Å². The quantitative estimate of drug-likeness (QED) is 0.556. The molecule has 0 heterocycles. The molecule has 1 heteroatoms. The van der Waals surface area contributed by atoms with Crippen LogP contribution in [0, 0.1) is 12.8 Å². The Labute approximate surface area is 147 Å². The van der Waals surface area contributed by atoms with Gasteiger partial charge in [-0.1, -0.05) is 82.8 Å². The van der Waals surface area contributed by atoms with E-state index in [2.05, 4.69) is 94.3 Å². The lowest BCUT2D eigenvalue weighted by atomic mass is 10.00. The summed E-state index contributed by atoms with van der Waals surface area (Å²) in [6, 6.07) is 17.0. The minimum Gasteiger partial charge on any atom is -0.314 e. The summed E-state index contributed by atoms with van der Waals surface area (Å²) in [6.45, 7) is 17.5. The summed E-state index contributed by atoms with van der Waals surface area (Å²) < 4.78 is 0. The Bertz CT molecular complexity index is 724. The lowest BCUT2D eigenvalue weighted by Gasteiger charge is -2.33. The predicted octanol–water partition coefficient (Wildman–Crippen LogP) is 6.59. The number of anilines is 1. The van der Waals surface area contributed by atoms with E-state index in [0.29, 0.717) is 5.92 Å². The van der Waals surface area contributed by atoms with Crippen molar-refractivity contribution in [1.29, 1.82) is 0 Å². The molecule has 2 rings (SSSR count). The van der Waals surface area contributed by atoms with Gasteiger partial charge in [0.1, 0.15) is 0 Å². The SMILES string of the molecule is C=C(c1ccccc1C)N(C(=C)C(C)C)c1ccccc1CCC. The molecule has 0 bridgehead atoms. The Morgan fingerprint density at radius 3 is 2.25 bits per heavy atom. The van der Waals surface area contributed by atoms with Gasteiger partial charge in [-0.25, -0.2) is 0 Å². The minimum absolute atomic E-state index is 0.348. The maximum absolute atomic E-state index is 4.43. The fraction of sp³-hybridized carbons (Fsp3) is 0.304. The van der Waals surface area contributed by atoms with E-state index in [0.717, 1.165) is 24.2 Å². The maximum atomic E-state index is 4.43. The third kappa shape index (κ3) is 3.79. The smallest absolute Gasteiger partial charge is 0.0490 e. The van der Waals surface area contributed by atoms with Crippen molar-refractivity contribution in [2.24, 2.45) is 5.92 Å². The molecule has 1 nitrogen and oxygen atoms in total. The van der Waals surface area contributed by atoms with Crippen LogP contribution in [0.2, 0.25) is 0 Å². The second-order valence-corrected chi connectivity index (χ2v) is 6.62.